The molecule has 0 saturated carbocycles. The molecule has 7 heavy (non-hydrogen) atoms. The Hall–Kier alpha value is 0.690. The number of alkyl halides is 2. The second-order valence-corrected chi connectivity index (χ2v) is 5.00. The van der Waals surface area contributed by atoms with Gasteiger partial charge in [0.1, 0.15) is 0 Å². The molecule has 1 nitrogen and oxygen atoms in total. The van der Waals surface area contributed by atoms with Gasteiger partial charge in [-0.05, 0) is 13.8 Å². The van der Waals surface area contributed by atoms with Crippen LogP contribution in [0.25, 0.3) is 0 Å². The second kappa shape index (κ2) is 2.31. The molecule has 0 aliphatic rings. The third kappa shape index (κ3) is 3.29. The van der Waals surface area contributed by atoms with Crippen molar-refractivity contribution in [3.63, 3.8) is 0 Å². The standard InChI is InChI=1S/C4H6ClIO/c1-3(7)4(2,5)6/h1-2H3. The molecule has 3 heteroatoms. The van der Waals surface area contributed by atoms with Crippen molar-refractivity contribution in [2.24, 2.45) is 0 Å². The SMILES string of the molecule is CC(=O)C(C)(Cl)I. The van der Waals surface area contributed by atoms with Gasteiger partial charge in [-0.1, -0.05) is 34.2 Å². The van der Waals surface area contributed by atoms with E-state index in [1.54, 1.807) is 6.92 Å². The quantitative estimate of drug-likeness (QED) is 0.499. The van der Waals surface area contributed by atoms with Gasteiger partial charge in [-0.2, -0.15) is 0 Å². The monoisotopic (exact) mass is 232 g/mol. The molecule has 0 aromatic carbocycles. The first-order valence-corrected chi connectivity index (χ1v) is 3.29. The maximum Gasteiger partial charge on any atom is 0.160 e. The first kappa shape index (κ1) is 7.69. The van der Waals surface area contributed by atoms with Gasteiger partial charge in [-0.15, -0.1) is 0 Å². The zero-order valence-electron chi connectivity index (χ0n) is 4.16. The number of ketones is 1. The van der Waals surface area contributed by atoms with Gasteiger partial charge in [-0.25, -0.2) is 0 Å². The van der Waals surface area contributed by atoms with E-state index in [4.69, 9.17) is 11.6 Å². The molecule has 0 radical (unpaired) electrons. The van der Waals surface area contributed by atoms with E-state index in [1.807, 2.05) is 22.6 Å². The van der Waals surface area contributed by atoms with E-state index in [0.29, 0.717) is 0 Å². The molecule has 1 atom stereocenters. The van der Waals surface area contributed by atoms with Gasteiger partial charge in [0.25, 0.3) is 0 Å². The van der Waals surface area contributed by atoms with E-state index < -0.39 is 2.88 Å². The summed E-state index contributed by atoms with van der Waals surface area (Å²) in [5, 5.41) is 0. The van der Waals surface area contributed by atoms with Crippen LogP contribution in [0, 0.1) is 0 Å². The fourth-order valence-electron chi connectivity index (χ4n) is 0. The highest BCUT2D eigenvalue weighted by Crippen LogP contribution is 2.23. The topological polar surface area (TPSA) is 17.1 Å². The number of rotatable bonds is 1. The van der Waals surface area contributed by atoms with E-state index in [2.05, 4.69) is 0 Å². The van der Waals surface area contributed by atoms with Gasteiger partial charge in [0.05, 0.1) is 0 Å². The maximum atomic E-state index is 10.3. The van der Waals surface area contributed by atoms with Gasteiger partial charge in [0.2, 0.25) is 0 Å². The van der Waals surface area contributed by atoms with Crippen LogP contribution < -0.4 is 0 Å². The molecule has 1 unspecified atom stereocenters. The lowest BCUT2D eigenvalue weighted by molar-refractivity contribution is -0.116. The first-order chi connectivity index (χ1) is 2.94. The Labute approximate surface area is 61.6 Å². The van der Waals surface area contributed by atoms with Crippen LogP contribution in [-0.4, -0.2) is 8.66 Å². The van der Waals surface area contributed by atoms with E-state index in [1.165, 1.54) is 6.92 Å². The van der Waals surface area contributed by atoms with Crippen LogP contribution in [0.2, 0.25) is 0 Å². The first-order valence-electron chi connectivity index (χ1n) is 1.83. The minimum Gasteiger partial charge on any atom is -0.297 e. The largest absolute Gasteiger partial charge is 0.297 e. The predicted octanol–water partition coefficient (Wildman–Crippen LogP) is 1.97. The number of carbonyl (C=O) groups is 1. The highest BCUT2D eigenvalue weighted by atomic mass is 127. The number of hydrogen-bond acceptors (Lipinski definition) is 1. The van der Waals surface area contributed by atoms with Crippen LogP contribution >= 0.6 is 34.2 Å². The fraction of sp³-hybridized carbons (Fsp3) is 0.750. The summed E-state index contributed by atoms with van der Waals surface area (Å²) in [6, 6.07) is 0. The summed E-state index contributed by atoms with van der Waals surface area (Å²) in [4.78, 5) is 10.3. The Bertz CT molecular complexity index is 84.2. The molecule has 0 saturated heterocycles. The van der Waals surface area contributed by atoms with E-state index in [9.17, 15) is 4.79 Å². The van der Waals surface area contributed by atoms with Gasteiger partial charge in [0.15, 0.2) is 8.66 Å². The molecule has 0 aliphatic heterocycles. The Morgan fingerprint density at radius 3 is 2.00 bits per heavy atom. The number of halogens is 2. The summed E-state index contributed by atoms with van der Waals surface area (Å²) in [6.45, 7) is 3.14. The lowest BCUT2D eigenvalue weighted by Gasteiger charge is -2.05. The molecule has 42 valence electrons. The molecule has 0 aliphatic carbocycles. The smallest absolute Gasteiger partial charge is 0.160 e. The highest BCUT2D eigenvalue weighted by Gasteiger charge is 2.20. The van der Waals surface area contributed by atoms with Gasteiger partial charge in [-0.3, -0.25) is 4.79 Å². The minimum absolute atomic E-state index is 0.00485. The number of hydrogen-bond donors (Lipinski definition) is 0. The molecule has 0 heterocycles. The molecule has 0 bridgehead atoms. The molecule has 0 rings (SSSR count). The molecule has 0 aromatic heterocycles. The van der Waals surface area contributed by atoms with Crippen LogP contribution in [0.4, 0.5) is 0 Å². The summed E-state index contributed by atoms with van der Waals surface area (Å²) in [7, 11) is 0. The third-order valence-corrected chi connectivity index (χ3v) is 1.64. The number of Topliss-reactive ketones (excluding diaryl/α,β-unsaturated/α-hetero) is 1. The Morgan fingerprint density at radius 2 is 2.00 bits per heavy atom. The fourth-order valence-corrected chi connectivity index (χ4v) is 0. The van der Waals surface area contributed by atoms with Crippen LogP contribution in [-0.2, 0) is 4.79 Å². The molecular formula is C4H6ClIO. The summed E-state index contributed by atoms with van der Waals surface area (Å²) in [5.41, 5.74) is 0. The van der Waals surface area contributed by atoms with Crippen molar-refractivity contribution in [1.29, 1.82) is 0 Å². The zero-order chi connectivity index (χ0) is 6.08. The van der Waals surface area contributed by atoms with Gasteiger partial charge < -0.3 is 0 Å². The average molecular weight is 232 g/mol. The predicted molar refractivity (Wildman–Crippen MR) is 39.0 cm³/mol. The second-order valence-electron chi connectivity index (χ2n) is 1.44. The van der Waals surface area contributed by atoms with Crippen LogP contribution in [0.5, 0.6) is 0 Å². The van der Waals surface area contributed by atoms with Crippen LogP contribution in [0.1, 0.15) is 13.8 Å². The van der Waals surface area contributed by atoms with E-state index >= 15 is 0 Å². The van der Waals surface area contributed by atoms with Crippen molar-refractivity contribution in [3.8, 4) is 0 Å². The summed E-state index contributed by atoms with van der Waals surface area (Å²) in [5.74, 6) is -0.00485. The van der Waals surface area contributed by atoms with Gasteiger partial charge in [0, 0.05) is 0 Å². The lowest BCUT2D eigenvalue weighted by Crippen LogP contribution is -2.16. The normalized spacial score (nSPS) is 18.3. The maximum absolute atomic E-state index is 10.3. The molecule has 0 spiro atoms. The van der Waals surface area contributed by atoms with Crippen LogP contribution in [0.15, 0.2) is 0 Å². The Morgan fingerprint density at radius 1 is 1.86 bits per heavy atom. The Kier molecular flexibility index (Phi) is 2.53. The van der Waals surface area contributed by atoms with Crippen molar-refractivity contribution >= 4 is 40.0 Å². The summed E-state index contributed by atoms with van der Waals surface area (Å²) in [6.07, 6.45) is 0. The zero-order valence-corrected chi connectivity index (χ0v) is 7.08. The van der Waals surface area contributed by atoms with Crippen molar-refractivity contribution in [2.75, 3.05) is 0 Å². The molecule has 0 fully saturated rings. The van der Waals surface area contributed by atoms with E-state index in [-0.39, 0.29) is 5.78 Å². The van der Waals surface area contributed by atoms with Crippen molar-refractivity contribution in [3.05, 3.63) is 0 Å². The molecule has 0 N–H and O–H groups in total. The van der Waals surface area contributed by atoms with Crippen molar-refractivity contribution < 1.29 is 4.79 Å². The van der Waals surface area contributed by atoms with Crippen molar-refractivity contribution in [1.82, 2.24) is 0 Å². The highest BCUT2D eigenvalue weighted by molar-refractivity contribution is 14.1. The lowest BCUT2D eigenvalue weighted by atomic mass is 10.3. The Balaban J connectivity index is 3.79. The molecule has 0 amide bonds. The average Bonchev–Trinajstić information content (AvgIpc) is 1.31. The third-order valence-electron chi connectivity index (χ3n) is 0.618. The summed E-state index contributed by atoms with van der Waals surface area (Å²) < 4.78 is -0.697. The summed E-state index contributed by atoms with van der Waals surface area (Å²) >= 11 is 7.39. The van der Waals surface area contributed by atoms with Crippen LogP contribution in [0.3, 0.4) is 0 Å². The minimum atomic E-state index is -0.697. The van der Waals surface area contributed by atoms with Gasteiger partial charge >= 0.3 is 0 Å². The molecular weight excluding hydrogens is 226 g/mol. The molecule has 0 aromatic rings. The van der Waals surface area contributed by atoms with Crippen molar-refractivity contribution in [2.45, 2.75) is 16.7 Å². The number of carbonyl (C=O) groups excluding carboxylic acids is 1. The van der Waals surface area contributed by atoms with E-state index in [0.717, 1.165) is 0 Å².